The maximum atomic E-state index is 8.84. The van der Waals surface area contributed by atoms with E-state index in [9.17, 15) is 0 Å². The van der Waals surface area contributed by atoms with Gasteiger partial charge in [-0.2, -0.15) is 5.26 Å². The fourth-order valence-corrected chi connectivity index (χ4v) is 1.99. The Morgan fingerprint density at radius 1 is 1.38 bits per heavy atom. The number of anilines is 1. The number of aryl methyl sites for hydroxylation is 1. The van der Waals surface area contributed by atoms with Gasteiger partial charge in [0.1, 0.15) is 0 Å². The van der Waals surface area contributed by atoms with Gasteiger partial charge in [0.05, 0.1) is 11.6 Å². The predicted molar refractivity (Wildman–Crippen MR) is 68.7 cm³/mol. The number of hydrogen-bond acceptors (Lipinski definition) is 2. The summed E-state index contributed by atoms with van der Waals surface area (Å²) in [5.74, 6) is 0. The van der Waals surface area contributed by atoms with Crippen LogP contribution in [0.3, 0.4) is 0 Å². The van der Waals surface area contributed by atoms with Crippen LogP contribution in [0.15, 0.2) is 18.2 Å². The summed E-state index contributed by atoms with van der Waals surface area (Å²) in [6.45, 7) is 9.68. The van der Waals surface area contributed by atoms with Gasteiger partial charge in [-0.15, -0.1) is 0 Å². The van der Waals surface area contributed by atoms with E-state index in [-0.39, 0.29) is 0 Å². The number of nitriles is 1. The summed E-state index contributed by atoms with van der Waals surface area (Å²) < 4.78 is 0. The molecule has 1 atom stereocenters. The monoisotopic (exact) mass is 216 g/mol. The quantitative estimate of drug-likeness (QED) is 0.770. The number of hydrogen-bond donors (Lipinski definition) is 0. The number of nitrogens with zero attached hydrogens (tertiary/aromatic N) is 2. The van der Waals surface area contributed by atoms with Gasteiger partial charge < -0.3 is 4.90 Å². The Balaban J connectivity index is 3.07. The highest BCUT2D eigenvalue weighted by molar-refractivity contribution is 5.56. The summed E-state index contributed by atoms with van der Waals surface area (Å²) in [5.41, 5.74) is 3.17. The first-order chi connectivity index (χ1) is 7.63. The molecule has 1 aromatic carbocycles. The van der Waals surface area contributed by atoms with E-state index in [0.717, 1.165) is 18.5 Å². The van der Waals surface area contributed by atoms with Crippen LogP contribution in [-0.4, -0.2) is 12.6 Å². The lowest BCUT2D eigenvalue weighted by molar-refractivity contribution is 0.628. The zero-order valence-corrected chi connectivity index (χ0v) is 10.6. The lowest BCUT2D eigenvalue weighted by Gasteiger charge is -2.31. The molecule has 1 unspecified atom stereocenters. The van der Waals surface area contributed by atoms with Gasteiger partial charge in [0.2, 0.25) is 0 Å². The van der Waals surface area contributed by atoms with Crippen LogP contribution in [0.5, 0.6) is 0 Å². The van der Waals surface area contributed by atoms with Crippen molar-refractivity contribution in [3.05, 3.63) is 29.3 Å². The highest BCUT2D eigenvalue weighted by atomic mass is 15.1. The summed E-state index contributed by atoms with van der Waals surface area (Å²) in [7, 11) is 0. The summed E-state index contributed by atoms with van der Waals surface area (Å²) in [5, 5.41) is 8.84. The van der Waals surface area contributed by atoms with E-state index in [0.29, 0.717) is 6.04 Å². The maximum absolute atomic E-state index is 8.84. The van der Waals surface area contributed by atoms with Crippen molar-refractivity contribution in [3.63, 3.8) is 0 Å². The van der Waals surface area contributed by atoms with E-state index in [4.69, 9.17) is 5.26 Å². The second kappa shape index (κ2) is 5.55. The fraction of sp³-hybridized carbons (Fsp3) is 0.500. The largest absolute Gasteiger partial charge is 0.369 e. The van der Waals surface area contributed by atoms with Gasteiger partial charge in [0.15, 0.2) is 0 Å². The van der Waals surface area contributed by atoms with Crippen molar-refractivity contribution in [2.24, 2.45) is 0 Å². The van der Waals surface area contributed by atoms with E-state index in [1.54, 1.807) is 0 Å². The summed E-state index contributed by atoms with van der Waals surface area (Å²) in [6, 6.07) is 8.63. The van der Waals surface area contributed by atoms with Crippen LogP contribution in [0.4, 0.5) is 5.69 Å². The van der Waals surface area contributed by atoms with Gasteiger partial charge in [-0.05, 0) is 51.0 Å². The molecule has 16 heavy (non-hydrogen) atoms. The second-order valence-corrected chi connectivity index (χ2v) is 4.16. The Morgan fingerprint density at radius 3 is 2.50 bits per heavy atom. The average molecular weight is 216 g/mol. The van der Waals surface area contributed by atoms with Crippen LogP contribution < -0.4 is 4.90 Å². The van der Waals surface area contributed by atoms with Crippen LogP contribution in [0.25, 0.3) is 0 Å². The standard InChI is InChI=1S/C14H20N2/c1-5-12(4)16(6-2)14-8-7-13(10-15)9-11(14)3/h7-9,12H,5-6H2,1-4H3. The van der Waals surface area contributed by atoms with Gasteiger partial charge in [0.25, 0.3) is 0 Å². The summed E-state index contributed by atoms with van der Waals surface area (Å²) >= 11 is 0. The molecule has 2 nitrogen and oxygen atoms in total. The topological polar surface area (TPSA) is 27.0 Å². The molecule has 0 aliphatic rings. The van der Waals surface area contributed by atoms with E-state index >= 15 is 0 Å². The highest BCUT2D eigenvalue weighted by Crippen LogP contribution is 2.23. The molecule has 0 saturated carbocycles. The van der Waals surface area contributed by atoms with Gasteiger partial charge in [0, 0.05) is 18.3 Å². The molecule has 0 heterocycles. The molecule has 0 amide bonds. The van der Waals surface area contributed by atoms with E-state index in [2.05, 4.69) is 44.7 Å². The van der Waals surface area contributed by atoms with Gasteiger partial charge in [-0.25, -0.2) is 0 Å². The smallest absolute Gasteiger partial charge is 0.0991 e. The molecule has 1 rings (SSSR count). The second-order valence-electron chi connectivity index (χ2n) is 4.16. The molecule has 1 aromatic rings. The Morgan fingerprint density at radius 2 is 2.06 bits per heavy atom. The van der Waals surface area contributed by atoms with Gasteiger partial charge in [-0.1, -0.05) is 6.92 Å². The molecule has 0 radical (unpaired) electrons. The highest BCUT2D eigenvalue weighted by Gasteiger charge is 2.13. The third kappa shape index (κ3) is 2.55. The Hall–Kier alpha value is -1.49. The molecule has 0 fully saturated rings. The first kappa shape index (κ1) is 12.6. The molecule has 0 bridgehead atoms. The zero-order chi connectivity index (χ0) is 12.1. The third-order valence-corrected chi connectivity index (χ3v) is 3.10. The third-order valence-electron chi connectivity index (χ3n) is 3.10. The molecule has 2 heteroatoms. The fourth-order valence-electron chi connectivity index (χ4n) is 1.99. The minimum atomic E-state index is 0.539. The number of benzene rings is 1. The Kier molecular flexibility index (Phi) is 4.37. The van der Waals surface area contributed by atoms with Crippen LogP contribution >= 0.6 is 0 Å². The Bertz CT molecular complexity index is 390. The lowest BCUT2D eigenvalue weighted by Crippen LogP contribution is -2.32. The lowest BCUT2D eigenvalue weighted by atomic mass is 10.1. The molecule has 0 N–H and O–H groups in total. The van der Waals surface area contributed by atoms with Gasteiger partial charge >= 0.3 is 0 Å². The van der Waals surface area contributed by atoms with E-state index in [1.165, 1.54) is 11.3 Å². The summed E-state index contributed by atoms with van der Waals surface area (Å²) in [6.07, 6.45) is 1.13. The summed E-state index contributed by atoms with van der Waals surface area (Å²) in [4.78, 5) is 2.39. The van der Waals surface area contributed by atoms with Crippen molar-refractivity contribution in [2.45, 2.75) is 40.2 Å². The van der Waals surface area contributed by atoms with Crippen LogP contribution in [0, 0.1) is 18.3 Å². The minimum Gasteiger partial charge on any atom is -0.369 e. The molecule has 0 spiro atoms. The maximum Gasteiger partial charge on any atom is 0.0991 e. The first-order valence-corrected chi connectivity index (χ1v) is 5.91. The molecule has 0 saturated heterocycles. The number of rotatable bonds is 4. The first-order valence-electron chi connectivity index (χ1n) is 5.91. The van der Waals surface area contributed by atoms with Crippen molar-refractivity contribution in [2.75, 3.05) is 11.4 Å². The molecule has 0 aliphatic heterocycles. The Labute approximate surface area is 98.5 Å². The zero-order valence-electron chi connectivity index (χ0n) is 10.6. The molecule has 0 aliphatic carbocycles. The predicted octanol–water partition coefficient (Wildman–Crippen LogP) is 3.49. The van der Waals surface area contributed by atoms with Crippen LogP contribution in [0.2, 0.25) is 0 Å². The van der Waals surface area contributed by atoms with Crippen molar-refractivity contribution < 1.29 is 0 Å². The average Bonchev–Trinajstić information content (AvgIpc) is 2.31. The normalized spacial score (nSPS) is 11.9. The van der Waals surface area contributed by atoms with Crippen molar-refractivity contribution in [1.82, 2.24) is 0 Å². The molecule has 0 aromatic heterocycles. The molecular formula is C14H20N2. The van der Waals surface area contributed by atoms with Gasteiger partial charge in [-0.3, -0.25) is 0 Å². The minimum absolute atomic E-state index is 0.539. The SMILES string of the molecule is CCC(C)N(CC)c1ccc(C#N)cc1C. The van der Waals surface area contributed by atoms with Crippen molar-refractivity contribution in [1.29, 1.82) is 5.26 Å². The van der Waals surface area contributed by atoms with Crippen LogP contribution in [0.1, 0.15) is 38.3 Å². The van der Waals surface area contributed by atoms with Crippen molar-refractivity contribution in [3.8, 4) is 6.07 Å². The van der Waals surface area contributed by atoms with Crippen LogP contribution in [-0.2, 0) is 0 Å². The van der Waals surface area contributed by atoms with E-state index < -0.39 is 0 Å². The molecular weight excluding hydrogens is 196 g/mol. The van der Waals surface area contributed by atoms with Crippen molar-refractivity contribution >= 4 is 5.69 Å². The van der Waals surface area contributed by atoms with E-state index in [1.807, 2.05) is 12.1 Å². The molecule has 86 valence electrons.